The van der Waals surface area contributed by atoms with Crippen molar-refractivity contribution in [3.63, 3.8) is 0 Å². The van der Waals surface area contributed by atoms with Gasteiger partial charge in [0.1, 0.15) is 0 Å². The maximum atomic E-state index is 4.26. The molecule has 5 aliphatic rings. The van der Waals surface area contributed by atoms with Gasteiger partial charge in [0, 0.05) is 49.2 Å². The third-order valence-electron chi connectivity index (χ3n) is 20.2. The van der Waals surface area contributed by atoms with E-state index in [1.54, 1.807) is 5.56 Å². The number of benzene rings is 7. The van der Waals surface area contributed by atoms with Gasteiger partial charge in [-0.05, 0) is 193 Å². The Morgan fingerprint density at radius 3 is 1.77 bits per heavy atom. The molecule has 0 amide bonds. The molecule has 0 saturated carbocycles. The molecule has 0 bridgehead atoms. The van der Waals surface area contributed by atoms with Gasteiger partial charge < -0.3 is 10.2 Å². The molecule has 0 atom stereocenters. The summed E-state index contributed by atoms with van der Waals surface area (Å²) in [6, 6.07) is 43.7. The van der Waals surface area contributed by atoms with Crippen LogP contribution in [0.1, 0.15) is 186 Å². The molecule has 0 fully saturated rings. The molecule has 0 unspecified atom stereocenters. The van der Waals surface area contributed by atoms with Gasteiger partial charge in [0.25, 0.3) is 0 Å². The predicted octanol–water partition coefficient (Wildman–Crippen LogP) is 18.3. The van der Waals surface area contributed by atoms with E-state index in [0.29, 0.717) is 0 Å². The van der Waals surface area contributed by atoms with E-state index in [4.69, 9.17) is 0 Å². The Morgan fingerprint density at radius 2 is 1.05 bits per heavy atom. The molecule has 13 rings (SSSR count). The third kappa shape index (κ3) is 6.80. The van der Waals surface area contributed by atoms with Crippen molar-refractivity contribution < 1.29 is 0 Å². The van der Waals surface area contributed by atoms with E-state index in [1.165, 1.54) is 158 Å². The zero-order valence-corrected chi connectivity index (χ0v) is 48.0. The van der Waals surface area contributed by atoms with Crippen LogP contribution in [0.5, 0.6) is 0 Å². The fraction of sp³-hybridized carbons (Fsp3) is 0.400. The lowest BCUT2D eigenvalue weighted by Crippen LogP contribution is -2.43. The van der Waals surface area contributed by atoms with Crippen molar-refractivity contribution in [1.82, 2.24) is 0 Å². The van der Waals surface area contributed by atoms with Crippen molar-refractivity contribution in [1.29, 1.82) is 0 Å². The molecule has 2 heterocycles. The van der Waals surface area contributed by atoms with E-state index in [9.17, 15) is 0 Å². The Labute approximate surface area is 447 Å². The van der Waals surface area contributed by atoms with Gasteiger partial charge in [-0.1, -0.05) is 169 Å². The van der Waals surface area contributed by atoms with Crippen LogP contribution in [-0.2, 0) is 37.9 Å². The Bertz CT molecular complexity index is 3740. The molecule has 376 valence electrons. The van der Waals surface area contributed by atoms with Crippen LogP contribution in [0.4, 0.5) is 28.4 Å². The molecule has 74 heavy (non-hydrogen) atoms. The van der Waals surface area contributed by atoms with Crippen LogP contribution in [0.3, 0.4) is 0 Å². The summed E-state index contributed by atoms with van der Waals surface area (Å²) in [7, 11) is 0.844. The number of nitrogens with one attached hydrogen (secondary N) is 1. The molecule has 7 aromatic carbocycles. The number of nitrogens with zero attached hydrogens (tertiary/aromatic N) is 1. The van der Waals surface area contributed by atoms with Gasteiger partial charge in [-0.25, -0.2) is 0 Å². The van der Waals surface area contributed by atoms with Crippen molar-refractivity contribution in [3.8, 4) is 22.3 Å². The molecule has 4 aliphatic carbocycles. The molecule has 0 radical (unpaired) electrons. The average molecular weight is 989 g/mol. The van der Waals surface area contributed by atoms with Crippen molar-refractivity contribution >= 4 is 78.2 Å². The lowest BCUT2D eigenvalue weighted by molar-refractivity contribution is 0.330. The van der Waals surface area contributed by atoms with Crippen molar-refractivity contribution in [2.45, 2.75) is 180 Å². The minimum absolute atomic E-state index is 0.0250. The highest BCUT2D eigenvalue weighted by atomic mass is 32.1. The largest absolute Gasteiger partial charge is 0.355 e. The highest BCUT2D eigenvalue weighted by Gasteiger charge is 2.46. The van der Waals surface area contributed by atoms with Crippen molar-refractivity contribution in [2.24, 2.45) is 0 Å². The Balaban J connectivity index is 1.16. The standard InChI is InChI=1S/C70H77BN2S/c1-40-56(29-27-50-58(40)69(12,13)35-34-65(50,4)5)73-61-54(28-25-44-43-21-17-19-23-57(43)74-63(44)61)71-60-47(37-46-42-20-16-18-22-48(42)70(14,15)59(46)62(60)73)45-38-52-53(68(10,11)33-32-67(52,8)9)39-55(45)72-41-24-26-49-51(36-41)66(6,7)31-30-64(49,2)3/h16-29,36-39,71-72H,30-35H2,1-15H3. The van der Waals surface area contributed by atoms with Gasteiger partial charge in [0.05, 0.1) is 10.4 Å². The molecule has 2 nitrogen and oxygen atoms in total. The Kier molecular flexibility index (Phi) is 10.1. The van der Waals surface area contributed by atoms with Gasteiger partial charge in [-0.2, -0.15) is 0 Å². The Hall–Kier alpha value is -5.58. The highest BCUT2D eigenvalue weighted by Crippen LogP contribution is 2.60. The van der Waals surface area contributed by atoms with E-state index >= 15 is 0 Å². The number of hydrogen-bond acceptors (Lipinski definition) is 3. The zero-order chi connectivity index (χ0) is 52.0. The molecule has 1 aliphatic heterocycles. The molecular weight excluding hydrogens is 912 g/mol. The van der Waals surface area contributed by atoms with Crippen molar-refractivity contribution in [3.05, 3.63) is 159 Å². The van der Waals surface area contributed by atoms with Gasteiger partial charge in [-0.3, -0.25) is 0 Å². The Morgan fingerprint density at radius 1 is 0.459 bits per heavy atom. The van der Waals surface area contributed by atoms with E-state index in [1.807, 2.05) is 11.3 Å². The summed E-state index contributed by atoms with van der Waals surface area (Å²) in [5.41, 5.74) is 28.2. The lowest BCUT2D eigenvalue weighted by atomic mass is 9.56. The maximum Gasteiger partial charge on any atom is 0.198 e. The number of fused-ring (bicyclic) bond motifs is 13. The minimum Gasteiger partial charge on any atom is -0.355 e. The highest BCUT2D eigenvalue weighted by molar-refractivity contribution is 7.26. The third-order valence-corrected chi connectivity index (χ3v) is 21.4. The van der Waals surface area contributed by atoms with Gasteiger partial charge in [-0.15, -0.1) is 11.3 Å². The smallest absolute Gasteiger partial charge is 0.198 e. The SMILES string of the molecule is Cc1c(N2c3c(c(-c4cc5c(cc4Nc4ccc6c(c4)C(C)(C)CCC6(C)C)C(C)(C)CCC5(C)C)cc4c3C(C)(C)c3ccccc3-4)Bc3ccc4c(sc5ccccc54)c32)ccc2c1C(C)(C)CCC2(C)C. The summed E-state index contributed by atoms with van der Waals surface area (Å²) < 4.78 is 2.74. The summed E-state index contributed by atoms with van der Waals surface area (Å²) in [5, 5.41) is 6.96. The summed E-state index contributed by atoms with van der Waals surface area (Å²) in [4.78, 5) is 2.83. The molecule has 1 N–H and O–H groups in total. The van der Waals surface area contributed by atoms with E-state index in [-0.39, 0.29) is 37.9 Å². The minimum atomic E-state index is -0.256. The first-order valence-electron chi connectivity index (χ1n) is 28.1. The first kappa shape index (κ1) is 48.1. The summed E-state index contributed by atoms with van der Waals surface area (Å²) in [6.07, 6.45) is 7.09. The molecule has 0 spiro atoms. The normalized spacial score (nSPS) is 20.3. The topological polar surface area (TPSA) is 15.3 Å². The second-order valence-electron chi connectivity index (χ2n) is 28.2. The van der Waals surface area contributed by atoms with Crippen LogP contribution in [0, 0.1) is 6.92 Å². The number of thiophene rings is 1. The van der Waals surface area contributed by atoms with Crippen LogP contribution < -0.4 is 21.1 Å². The fourth-order valence-corrected chi connectivity index (χ4v) is 16.7. The van der Waals surface area contributed by atoms with Crippen LogP contribution in [0.2, 0.25) is 0 Å². The van der Waals surface area contributed by atoms with E-state index in [0.717, 1.165) is 13.7 Å². The number of hydrogen-bond donors (Lipinski definition) is 1. The van der Waals surface area contributed by atoms with Crippen molar-refractivity contribution in [2.75, 3.05) is 10.2 Å². The molecule has 8 aromatic rings. The molecule has 0 saturated heterocycles. The number of rotatable bonds is 4. The average Bonchev–Trinajstić information content (AvgIpc) is 3.84. The summed E-state index contributed by atoms with van der Waals surface area (Å²) >= 11 is 1.98. The molecule has 4 heteroatoms. The predicted molar refractivity (Wildman–Crippen MR) is 324 cm³/mol. The van der Waals surface area contributed by atoms with Gasteiger partial charge in [0.15, 0.2) is 7.28 Å². The second kappa shape index (κ2) is 15.5. The number of anilines is 5. The van der Waals surface area contributed by atoms with Crippen LogP contribution in [0.15, 0.2) is 109 Å². The monoisotopic (exact) mass is 989 g/mol. The zero-order valence-electron chi connectivity index (χ0n) is 47.2. The second-order valence-corrected chi connectivity index (χ2v) is 29.2. The lowest BCUT2D eigenvalue weighted by Gasteiger charge is -2.45. The van der Waals surface area contributed by atoms with Crippen LogP contribution >= 0.6 is 11.3 Å². The van der Waals surface area contributed by atoms with E-state index in [2.05, 4.69) is 223 Å². The first-order chi connectivity index (χ1) is 34.8. The van der Waals surface area contributed by atoms with Crippen LogP contribution in [0.25, 0.3) is 42.4 Å². The summed E-state index contributed by atoms with van der Waals surface area (Å²) in [6.45, 7) is 37.2. The maximum absolute atomic E-state index is 4.26. The van der Waals surface area contributed by atoms with E-state index < -0.39 is 0 Å². The van der Waals surface area contributed by atoms with Crippen LogP contribution in [-0.4, -0.2) is 7.28 Å². The quantitative estimate of drug-likeness (QED) is 0.177. The summed E-state index contributed by atoms with van der Waals surface area (Å²) in [5.74, 6) is 0. The fourth-order valence-electron chi connectivity index (χ4n) is 15.4. The first-order valence-corrected chi connectivity index (χ1v) is 28.9. The molecular formula is C70H77BN2S. The van der Waals surface area contributed by atoms with Gasteiger partial charge >= 0.3 is 0 Å². The molecule has 1 aromatic heterocycles. The van der Waals surface area contributed by atoms with Gasteiger partial charge in [0.2, 0.25) is 0 Å².